The van der Waals surface area contributed by atoms with Crippen LogP contribution in [0.2, 0.25) is 0 Å². The summed E-state index contributed by atoms with van der Waals surface area (Å²) in [6.07, 6.45) is 8.64. The van der Waals surface area contributed by atoms with Crippen LogP contribution >= 0.6 is 0 Å². The molecule has 2 N–H and O–H groups in total. The average molecular weight is 234 g/mol. The van der Waals surface area contributed by atoms with Crippen LogP contribution in [0.1, 0.15) is 31.4 Å². The first kappa shape index (κ1) is 12.3. The number of aromatic nitrogens is 2. The molecular weight excluding hydrogens is 212 g/mol. The third-order valence-corrected chi connectivity index (χ3v) is 3.40. The molecule has 1 atom stereocenters. The van der Waals surface area contributed by atoms with Gasteiger partial charge in [0.2, 0.25) is 0 Å². The molecule has 4 heteroatoms. The molecule has 1 aromatic heterocycles. The monoisotopic (exact) mass is 234 g/mol. The lowest BCUT2D eigenvalue weighted by atomic mass is 9.93. The zero-order valence-electron chi connectivity index (χ0n) is 10.6. The summed E-state index contributed by atoms with van der Waals surface area (Å²) in [7, 11) is 0. The van der Waals surface area contributed by atoms with E-state index in [0.717, 1.165) is 43.5 Å². The fraction of sp³-hybridized carbons (Fsp3) is 0.692. The molecule has 0 aliphatic carbocycles. The lowest BCUT2D eigenvalue weighted by molar-refractivity contribution is 0.383. The van der Waals surface area contributed by atoms with Crippen molar-refractivity contribution in [3.63, 3.8) is 0 Å². The normalized spacial score (nSPS) is 20.6. The van der Waals surface area contributed by atoms with Crippen molar-refractivity contribution in [2.24, 2.45) is 11.7 Å². The Morgan fingerprint density at radius 2 is 2.35 bits per heavy atom. The lowest BCUT2D eigenvalue weighted by Gasteiger charge is -2.33. The highest BCUT2D eigenvalue weighted by Gasteiger charge is 2.20. The van der Waals surface area contributed by atoms with Crippen LogP contribution in [-0.2, 0) is 0 Å². The van der Waals surface area contributed by atoms with Gasteiger partial charge in [-0.25, -0.2) is 4.98 Å². The van der Waals surface area contributed by atoms with Gasteiger partial charge >= 0.3 is 0 Å². The van der Waals surface area contributed by atoms with E-state index in [2.05, 4.69) is 14.9 Å². The molecule has 94 valence electrons. The molecule has 17 heavy (non-hydrogen) atoms. The van der Waals surface area contributed by atoms with Crippen LogP contribution in [0.15, 0.2) is 12.4 Å². The Morgan fingerprint density at radius 1 is 1.47 bits per heavy atom. The van der Waals surface area contributed by atoms with Gasteiger partial charge in [-0.3, -0.25) is 4.98 Å². The van der Waals surface area contributed by atoms with Gasteiger partial charge in [-0.15, -0.1) is 0 Å². The van der Waals surface area contributed by atoms with Crippen LogP contribution in [0.4, 0.5) is 5.82 Å². The summed E-state index contributed by atoms with van der Waals surface area (Å²) in [6, 6.07) is 0. The number of aryl methyl sites for hydroxylation is 1. The number of hydrogen-bond donors (Lipinski definition) is 1. The minimum atomic E-state index is 0.773. The molecule has 1 saturated heterocycles. The lowest BCUT2D eigenvalue weighted by Crippen LogP contribution is -2.36. The van der Waals surface area contributed by atoms with E-state index >= 15 is 0 Å². The van der Waals surface area contributed by atoms with Gasteiger partial charge < -0.3 is 10.6 Å². The van der Waals surface area contributed by atoms with Gasteiger partial charge in [-0.2, -0.15) is 0 Å². The van der Waals surface area contributed by atoms with E-state index in [9.17, 15) is 0 Å². The van der Waals surface area contributed by atoms with Crippen molar-refractivity contribution in [1.29, 1.82) is 0 Å². The first-order chi connectivity index (χ1) is 8.29. The summed E-state index contributed by atoms with van der Waals surface area (Å²) in [5.41, 5.74) is 6.57. The summed E-state index contributed by atoms with van der Waals surface area (Å²) in [6.45, 7) is 5.02. The Bertz CT molecular complexity index is 353. The minimum absolute atomic E-state index is 0.773. The summed E-state index contributed by atoms with van der Waals surface area (Å²) in [5, 5.41) is 0. The maximum Gasteiger partial charge on any atom is 0.147 e. The van der Waals surface area contributed by atoms with Gasteiger partial charge in [0.05, 0.1) is 11.9 Å². The third kappa shape index (κ3) is 3.40. The smallest absolute Gasteiger partial charge is 0.147 e. The largest absolute Gasteiger partial charge is 0.355 e. The molecule has 2 heterocycles. The number of rotatable bonds is 4. The average Bonchev–Trinajstić information content (AvgIpc) is 2.37. The van der Waals surface area contributed by atoms with Gasteiger partial charge in [-0.05, 0) is 45.1 Å². The summed E-state index contributed by atoms with van der Waals surface area (Å²) in [5.74, 6) is 1.80. The predicted octanol–water partition coefficient (Wildman–Crippen LogP) is 1.74. The third-order valence-electron chi connectivity index (χ3n) is 3.40. The van der Waals surface area contributed by atoms with E-state index in [1.165, 1.54) is 19.3 Å². The molecule has 2 rings (SSSR count). The van der Waals surface area contributed by atoms with Crippen LogP contribution in [0.5, 0.6) is 0 Å². The predicted molar refractivity (Wildman–Crippen MR) is 70.0 cm³/mol. The minimum Gasteiger partial charge on any atom is -0.355 e. The van der Waals surface area contributed by atoms with Crippen molar-refractivity contribution in [3.8, 4) is 0 Å². The topological polar surface area (TPSA) is 55.0 Å². The van der Waals surface area contributed by atoms with Crippen molar-refractivity contribution < 1.29 is 0 Å². The van der Waals surface area contributed by atoms with Gasteiger partial charge in [-0.1, -0.05) is 0 Å². The zero-order chi connectivity index (χ0) is 12.1. The van der Waals surface area contributed by atoms with E-state index in [-0.39, 0.29) is 0 Å². The zero-order valence-corrected chi connectivity index (χ0v) is 10.6. The second kappa shape index (κ2) is 5.96. The quantitative estimate of drug-likeness (QED) is 0.862. The SMILES string of the molecule is Cc1cncc(N2CCCC(CCCN)C2)n1. The Kier molecular flexibility index (Phi) is 4.31. The van der Waals surface area contributed by atoms with Crippen molar-refractivity contribution in [3.05, 3.63) is 18.1 Å². The van der Waals surface area contributed by atoms with Crippen molar-refractivity contribution in [2.45, 2.75) is 32.6 Å². The van der Waals surface area contributed by atoms with Crippen LogP contribution in [0, 0.1) is 12.8 Å². The summed E-state index contributed by atoms with van der Waals surface area (Å²) >= 11 is 0. The van der Waals surface area contributed by atoms with Gasteiger partial charge in [0.1, 0.15) is 5.82 Å². The maximum atomic E-state index is 5.58. The molecular formula is C13H22N4. The molecule has 0 bridgehead atoms. The Balaban J connectivity index is 1.97. The molecule has 0 radical (unpaired) electrons. The number of nitrogens with two attached hydrogens (primary N) is 1. The number of nitrogens with zero attached hydrogens (tertiary/aromatic N) is 3. The summed E-state index contributed by atoms with van der Waals surface area (Å²) in [4.78, 5) is 11.1. The summed E-state index contributed by atoms with van der Waals surface area (Å²) < 4.78 is 0. The molecule has 4 nitrogen and oxygen atoms in total. The maximum absolute atomic E-state index is 5.58. The number of hydrogen-bond acceptors (Lipinski definition) is 4. The van der Waals surface area contributed by atoms with Crippen LogP contribution in [0.25, 0.3) is 0 Å². The fourth-order valence-corrected chi connectivity index (χ4v) is 2.52. The molecule has 1 aliphatic rings. The Labute approximate surface area is 103 Å². The molecule has 0 amide bonds. The van der Waals surface area contributed by atoms with Crippen molar-refractivity contribution in [2.75, 3.05) is 24.5 Å². The molecule has 1 aromatic rings. The molecule has 0 spiro atoms. The van der Waals surface area contributed by atoms with Gasteiger partial charge in [0.15, 0.2) is 0 Å². The Hall–Kier alpha value is -1.16. The van der Waals surface area contributed by atoms with Gasteiger partial charge in [0, 0.05) is 19.3 Å². The van der Waals surface area contributed by atoms with E-state index in [1.54, 1.807) is 6.20 Å². The van der Waals surface area contributed by atoms with Crippen molar-refractivity contribution in [1.82, 2.24) is 9.97 Å². The molecule has 1 aliphatic heterocycles. The number of anilines is 1. The first-order valence-corrected chi connectivity index (χ1v) is 6.53. The van der Waals surface area contributed by atoms with E-state index in [1.807, 2.05) is 13.1 Å². The van der Waals surface area contributed by atoms with Crippen LogP contribution in [0.3, 0.4) is 0 Å². The van der Waals surface area contributed by atoms with E-state index in [0.29, 0.717) is 0 Å². The molecule has 1 fully saturated rings. The van der Waals surface area contributed by atoms with E-state index in [4.69, 9.17) is 5.73 Å². The molecule has 0 aromatic carbocycles. The molecule has 0 saturated carbocycles. The van der Waals surface area contributed by atoms with E-state index < -0.39 is 0 Å². The highest BCUT2D eigenvalue weighted by Crippen LogP contribution is 2.24. The van der Waals surface area contributed by atoms with Crippen LogP contribution < -0.4 is 10.6 Å². The van der Waals surface area contributed by atoms with Gasteiger partial charge in [0.25, 0.3) is 0 Å². The van der Waals surface area contributed by atoms with Crippen molar-refractivity contribution >= 4 is 5.82 Å². The second-order valence-electron chi connectivity index (χ2n) is 4.90. The molecule has 1 unspecified atom stereocenters. The first-order valence-electron chi connectivity index (χ1n) is 6.53. The standard InChI is InChI=1S/C13H22N4/c1-11-8-15-9-13(16-11)17-7-3-5-12(10-17)4-2-6-14/h8-9,12H,2-7,10,14H2,1H3. The highest BCUT2D eigenvalue weighted by atomic mass is 15.2. The van der Waals surface area contributed by atoms with Crippen LogP contribution in [-0.4, -0.2) is 29.6 Å². The fourth-order valence-electron chi connectivity index (χ4n) is 2.52. The second-order valence-corrected chi connectivity index (χ2v) is 4.90. The Morgan fingerprint density at radius 3 is 3.12 bits per heavy atom. The highest BCUT2D eigenvalue weighted by molar-refractivity contribution is 5.36. The number of piperidine rings is 1.